The van der Waals surface area contributed by atoms with Crippen LogP contribution in [-0.4, -0.2) is 59.3 Å². The summed E-state index contributed by atoms with van der Waals surface area (Å²) < 4.78 is 10.8. The predicted molar refractivity (Wildman–Crippen MR) is 78.8 cm³/mol. The first-order valence-corrected chi connectivity index (χ1v) is 7.40. The van der Waals surface area contributed by atoms with Gasteiger partial charge in [0.1, 0.15) is 6.61 Å². The minimum Gasteiger partial charge on any atom is -0.366 e. The zero-order valence-corrected chi connectivity index (χ0v) is 13.4. The molecule has 1 saturated heterocycles. The van der Waals surface area contributed by atoms with E-state index in [1.807, 2.05) is 38.7 Å². The predicted octanol–water partition coefficient (Wildman–Crippen LogP) is 1.44. The SMILES string of the molecule is Cc1cc(CN2CCN(C(=O)COC(C)(C)C)CC2)on1. The zero-order chi connectivity index (χ0) is 15.5. The molecule has 2 rings (SSSR count). The molecule has 21 heavy (non-hydrogen) atoms. The largest absolute Gasteiger partial charge is 0.366 e. The average Bonchev–Trinajstić information content (AvgIpc) is 2.81. The standard InChI is InChI=1S/C15H25N3O3/c1-12-9-13(21-16-12)10-17-5-7-18(8-6-17)14(19)11-20-15(2,3)4/h9H,5-8,10-11H2,1-4H3. The van der Waals surface area contributed by atoms with Crippen LogP contribution >= 0.6 is 0 Å². The first-order valence-electron chi connectivity index (χ1n) is 7.40. The van der Waals surface area contributed by atoms with E-state index in [-0.39, 0.29) is 18.1 Å². The summed E-state index contributed by atoms with van der Waals surface area (Å²) in [5.74, 6) is 0.948. The van der Waals surface area contributed by atoms with Crippen molar-refractivity contribution in [3.05, 3.63) is 17.5 Å². The molecular weight excluding hydrogens is 270 g/mol. The summed E-state index contributed by atoms with van der Waals surface area (Å²) in [6, 6.07) is 1.95. The molecule has 0 saturated carbocycles. The van der Waals surface area contributed by atoms with Crippen molar-refractivity contribution in [1.82, 2.24) is 15.0 Å². The number of rotatable bonds is 4. The average molecular weight is 295 g/mol. The third-order valence-corrected chi connectivity index (χ3v) is 3.41. The molecule has 6 heteroatoms. The Morgan fingerprint density at radius 3 is 2.52 bits per heavy atom. The molecule has 0 N–H and O–H groups in total. The lowest BCUT2D eigenvalue weighted by Gasteiger charge is -2.34. The fourth-order valence-corrected chi connectivity index (χ4v) is 2.24. The number of amides is 1. The summed E-state index contributed by atoms with van der Waals surface area (Å²) in [6.07, 6.45) is 0. The van der Waals surface area contributed by atoms with E-state index in [2.05, 4.69) is 10.1 Å². The fraction of sp³-hybridized carbons (Fsp3) is 0.733. The minimum absolute atomic E-state index is 0.0695. The molecule has 1 aliphatic rings. The molecule has 0 spiro atoms. The van der Waals surface area contributed by atoms with Crippen LogP contribution < -0.4 is 0 Å². The lowest BCUT2D eigenvalue weighted by Crippen LogP contribution is -2.49. The van der Waals surface area contributed by atoms with E-state index in [0.29, 0.717) is 0 Å². The molecule has 1 aromatic rings. The van der Waals surface area contributed by atoms with Crippen LogP contribution in [0.1, 0.15) is 32.2 Å². The van der Waals surface area contributed by atoms with Crippen LogP contribution in [0.5, 0.6) is 0 Å². The van der Waals surface area contributed by atoms with Gasteiger partial charge in [-0.1, -0.05) is 5.16 Å². The van der Waals surface area contributed by atoms with Crippen molar-refractivity contribution in [3.8, 4) is 0 Å². The van der Waals surface area contributed by atoms with Gasteiger partial charge in [0.2, 0.25) is 5.91 Å². The quantitative estimate of drug-likeness (QED) is 0.841. The van der Waals surface area contributed by atoms with Crippen LogP contribution in [0.25, 0.3) is 0 Å². The lowest BCUT2D eigenvalue weighted by molar-refractivity contribution is -0.142. The molecule has 1 aromatic heterocycles. The topological polar surface area (TPSA) is 58.8 Å². The van der Waals surface area contributed by atoms with Crippen molar-refractivity contribution in [1.29, 1.82) is 0 Å². The molecule has 0 aromatic carbocycles. The maximum absolute atomic E-state index is 12.1. The highest BCUT2D eigenvalue weighted by Crippen LogP contribution is 2.11. The summed E-state index contributed by atoms with van der Waals surface area (Å²) in [5, 5.41) is 3.89. The summed E-state index contributed by atoms with van der Waals surface area (Å²) in [7, 11) is 0. The number of hydrogen-bond donors (Lipinski definition) is 0. The maximum Gasteiger partial charge on any atom is 0.248 e. The molecule has 1 fully saturated rings. The number of aromatic nitrogens is 1. The number of carbonyl (C=O) groups is 1. The second-order valence-corrected chi connectivity index (χ2v) is 6.49. The molecule has 2 heterocycles. The van der Waals surface area contributed by atoms with Gasteiger partial charge in [0.05, 0.1) is 17.8 Å². The minimum atomic E-state index is -0.276. The highest BCUT2D eigenvalue weighted by Gasteiger charge is 2.23. The van der Waals surface area contributed by atoms with Gasteiger partial charge in [0, 0.05) is 32.2 Å². The third-order valence-electron chi connectivity index (χ3n) is 3.41. The van der Waals surface area contributed by atoms with Gasteiger partial charge in [-0.2, -0.15) is 0 Å². The Morgan fingerprint density at radius 2 is 2.00 bits per heavy atom. The summed E-state index contributed by atoms with van der Waals surface area (Å²) in [6.45, 7) is 11.9. The summed E-state index contributed by atoms with van der Waals surface area (Å²) in [4.78, 5) is 16.2. The van der Waals surface area contributed by atoms with Crippen LogP contribution in [0.4, 0.5) is 0 Å². The van der Waals surface area contributed by atoms with Gasteiger partial charge in [-0.15, -0.1) is 0 Å². The molecular formula is C15H25N3O3. The van der Waals surface area contributed by atoms with Crippen molar-refractivity contribution in [2.45, 2.75) is 39.8 Å². The van der Waals surface area contributed by atoms with E-state index in [1.54, 1.807) is 0 Å². The Balaban J connectivity index is 1.74. The molecule has 1 aliphatic heterocycles. The smallest absolute Gasteiger partial charge is 0.248 e. The molecule has 0 unspecified atom stereocenters. The van der Waals surface area contributed by atoms with E-state index in [1.165, 1.54) is 0 Å². The van der Waals surface area contributed by atoms with Crippen molar-refractivity contribution in [2.24, 2.45) is 0 Å². The van der Waals surface area contributed by atoms with Crippen molar-refractivity contribution in [3.63, 3.8) is 0 Å². The van der Waals surface area contributed by atoms with Crippen LogP contribution in [0.2, 0.25) is 0 Å². The maximum atomic E-state index is 12.1. The van der Waals surface area contributed by atoms with Crippen LogP contribution in [0.15, 0.2) is 10.6 Å². The monoisotopic (exact) mass is 295 g/mol. The molecule has 0 radical (unpaired) electrons. The second-order valence-electron chi connectivity index (χ2n) is 6.49. The number of nitrogens with zero attached hydrogens (tertiary/aromatic N) is 3. The van der Waals surface area contributed by atoms with Gasteiger partial charge in [-0.25, -0.2) is 0 Å². The van der Waals surface area contributed by atoms with Crippen LogP contribution in [-0.2, 0) is 16.1 Å². The highest BCUT2D eigenvalue weighted by atomic mass is 16.5. The van der Waals surface area contributed by atoms with Gasteiger partial charge in [0.15, 0.2) is 5.76 Å². The van der Waals surface area contributed by atoms with E-state index in [9.17, 15) is 4.79 Å². The summed E-state index contributed by atoms with van der Waals surface area (Å²) in [5.41, 5.74) is 0.625. The molecule has 0 atom stereocenters. The molecule has 118 valence electrons. The number of aryl methyl sites for hydroxylation is 1. The van der Waals surface area contributed by atoms with Gasteiger partial charge in [-0.3, -0.25) is 9.69 Å². The number of ether oxygens (including phenoxy) is 1. The van der Waals surface area contributed by atoms with Crippen molar-refractivity contribution in [2.75, 3.05) is 32.8 Å². The van der Waals surface area contributed by atoms with Crippen molar-refractivity contribution < 1.29 is 14.1 Å². The van der Waals surface area contributed by atoms with E-state index in [0.717, 1.165) is 44.2 Å². The number of carbonyl (C=O) groups excluding carboxylic acids is 1. The Labute approximate surface area is 126 Å². The molecule has 6 nitrogen and oxygen atoms in total. The summed E-state index contributed by atoms with van der Waals surface area (Å²) >= 11 is 0. The third kappa shape index (κ3) is 5.13. The first kappa shape index (κ1) is 16.0. The Kier molecular flexibility index (Phi) is 5.00. The molecule has 0 bridgehead atoms. The first-order chi connectivity index (χ1) is 9.83. The van der Waals surface area contributed by atoms with Crippen LogP contribution in [0.3, 0.4) is 0 Å². The Bertz CT molecular complexity index is 471. The normalized spacial score (nSPS) is 17.2. The Hall–Kier alpha value is -1.40. The van der Waals surface area contributed by atoms with Gasteiger partial charge >= 0.3 is 0 Å². The number of piperazine rings is 1. The molecule has 0 aliphatic carbocycles. The van der Waals surface area contributed by atoms with Gasteiger partial charge in [0.25, 0.3) is 0 Å². The van der Waals surface area contributed by atoms with E-state index < -0.39 is 0 Å². The number of hydrogen-bond acceptors (Lipinski definition) is 5. The van der Waals surface area contributed by atoms with Crippen LogP contribution in [0, 0.1) is 6.92 Å². The van der Waals surface area contributed by atoms with E-state index in [4.69, 9.17) is 9.26 Å². The van der Waals surface area contributed by atoms with Gasteiger partial charge in [-0.05, 0) is 27.7 Å². The Morgan fingerprint density at radius 1 is 1.33 bits per heavy atom. The fourth-order valence-electron chi connectivity index (χ4n) is 2.24. The lowest BCUT2D eigenvalue weighted by atomic mass is 10.2. The van der Waals surface area contributed by atoms with Crippen molar-refractivity contribution >= 4 is 5.91 Å². The van der Waals surface area contributed by atoms with Gasteiger partial charge < -0.3 is 14.2 Å². The zero-order valence-electron chi connectivity index (χ0n) is 13.4. The second kappa shape index (κ2) is 6.58. The van der Waals surface area contributed by atoms with E-state index >= 15 is 0 Å². The highest BCUT2D eigenvalue weighted by molar-refractivity contribution is 5.77. The molecule has 1 amide bonds.